The van der Waals surface area contributed by atoms with Crippen LogP contribution in [0.4, 0.5) is 5.69 Å². The maximum Gasteiger partial charge on any atom is 0.296 e. The molecule has 0 fully saturated rings. The van der Waals surface area contributed by atoms with Crippen molar-refractivity contribution in [2.24, 2.45) is 0 Å². The monoisotopic (exact) mass is 377 g/mol. The van der Waals surface area contributed by atoms with Gasteiger partial charge in [0.2, 0.25) is 5.91 Å². The zero-order valence-corrected chi connectivity index (χ0v) is 15.7. The molecule has 140 valence electrons. The molecule has 2 rings (SSSR count). The van der Waals surface area contributed by atoms with E-state index in [1.807, 2.05) is 19.1 Å². The summed E-state index contributed by atoms with van der Waals surface area (Å²) < 4.78 is 34.6. The van der Waals surface area contributed by atoms with Crippen molar-refractivity contribution in [2.45, 2.75) is 31.8 Å². The zero-order chi connectivity index (χ0) is 19.0. The Hall–Kier alpha value is -2.22. The number of anilines is 1. The first-order valence-corrected chi connectivity index (χ1v) is 9.68. The number of carbonyl (C=O) groups excluding carboxylic acids is 1. The van der Waals surface area contributed by atoms with E-state index in [1.54, 1.807) is 24.3 Å². The Kier molecular flexibility index (Phi) is 7.32. The molecule has 0 aromatic heterocycles. The second-order valence-electron chi connectivity index (χ2n) is 5.87. The lowest BCUT2D eigenvalue weighted by Crippen LogP contribution is -2.09. The van der Waals surface area contributed by atoms with Crippen molar-refractivity contribution in [1.29, 1.82) is 0 Å². The van der Waals surface area contributed by atoms with Crippen molar-refractivity contribution in [2.75, 3.05) is 18.5 Å². The van der Waals surface area contributed by atoms with E-state index in [-0.39, 0.29) is 17.4 Å². The fourth-order valence-electron chi connectivity index (χ4n) is 2.18. The van der Waals surface area contributed by atoms with Crippen LogP contribution in [0.25, 0.3) is 0 Å². The second kappa shape index (κ2) is 9.47. The number of hydrogen-bond acceptors (Lipinski definition) is 5. The van der Waals surface area contributed by atoms with Crippen LogP contribution in [0.5, 0.6) is 0 Å². The van der Waals surface area contributed by atoms with E-state index >= 15 is 0 Å². The SMILES string of the molecule is CC(=O)Nc1ccc(COCCCOS(=O)(=O)c2ccc(C)cc2)cc1. The van der Waals surface area contributed by atoms with Crippen LogP contribution in [-0.2, 0) is 30.4 Å². The molecule has 0 unspecified atom stereocenters. The fraction of sp³-hybridized carbons (Fsp3) is 0.316. The molecule has 0 bridgehead atoms. The van der Waals surface area contributed by atoms with Crippen LogP contribution in [0.2, 0.25) is 0 Å². The number of benzene rings is 2. The molecule has 6 nitrogen and oxygen atoms in total. The molecule has 26 heavy (non-hydrogen) atoms. The molecular weight excluding hydrogens is 354 g/mol. The van der Waals surface area contributed by atoms with Gasteiger partial charge in [0, 0.05) is 19.2 Å². The molecule has 2 aromatic rings. The number of ether oxygens (including phenoxy) is 1. The van der Waals surface area contributed by atoms with Crippen LogP contribution in [0.15, 0.2) is 53.4 Å². The van der Waals surface area contributed by atoms with E-state index < -0.39 is 10.1 Å². The second-order valence-corrected chi connectivity index (χ2v) is 7.49. The minimum absolute atomic E-state index is 0.0671. The first kappa shape index (κ1) is 20.1. The summed E-state index contributed by atoms with van der Waals surface area (Å²) in [6.45, 7) is 4.21. The van der Waals surface area contributed by atoms with Crippen LogP contribution in [0.3, 0.4) is 0 Å². The van der Waals surface area contributed by atoms with Gasteiger partial charge in [0.25, 0.3) is 10.1 Å². The third-order valence-corrected chi connectivity index (χ3v) is 4.85. The Bertz CT molecular complexity index is 814. The molecule has 1 N–H and O–H groups in total. The first-order chi connectivity index (χ1) is 12.4. The van der Waals surface area contributed by atoms with Crippen molar-refractivity contribution >= 4 is 21.7 Å². The van der Waals surface area contributed by atoms with Crippen molar-refractivity contribution in [3.8, 4) is 0 Å². The van der Waals surface area contributed by atoms with E-state index in [1.165, 1.54) is 19.1 Å². The van der Waals surface area contributed by atoms with Gasteiger partial charge in [-0.1, -0.05) is 29.8 Å². The molecule has 0 radical (unpaired) electrons. The molecule has 0 aliphatic rings. The minimum Gasteiger partial charge on any atom is -0.377 e. The number of hydrogen-bond donors (Lipinski definition) is 1. The van der Waals surface area contributed by atoms with Crippen LogP contribution < -0.4 is 5.32 Å². The standard InChI is InChI=1S/C19H23NO5S/c1-15-4-10-19(11-5-15)26(22,23)25-13-3-12-24-14-17-6-8-18(9-7-17)20-16(2)21/h4-11H,3,12-14H2,1-2H3,(H,20,21). The lowest BCUT2D eigenvalue weighted by molar-refractivity contribution is -0.114. The quantitative estimate of drug-likeness (QED) is 0.536. The molecular formula is C19H23NO5S. The van der Waals surface area contributed by atoms with Crippen LogP contribution in [-0.4, -0.2) is 27.5 Å². The summed E-state index contributed by atoms with van der Waals surface area (Å²) in [5, 5.41) is 2.69. The Morgan fingerprint density at radius 3 is 2.27 bits per heavy atom. The predicted molar refractivity (Wildman–Crippen MR) is 99.3 cm³/mol. The normalized spacial score (nSPS) is 11.3. The van der Waals surface area contributed by atoms with E-state index in [0.717, 1.165) is 16.8 Å². The van der Waals surface area contributed by atoms with E-state index in [2.05, 4.69) is 5.32 Å². The zero-order valence-electron chi connectivity index (χ0n) is 14.9. The smallest absolute Gasteiger partial charge is 0.296 e. The molecule has 0 atom stereocenters. The van der Waals surface area contributed by atoms with Gasteiger partial charge in [0.1, 0.15) is 0 Å². The summed E-state index contributed by atoms with van der Waals surface area (Å²) in [5.74, 6) is -0.116. The molecule has 7 heteroatoms. The molecule has 0 aliphatic heterocycles. The third-order valence-electron chi connectivity index (χ3n) is 3.52. The summed E-state index contributed by atoms with van der Waals surface area (Å²) in [6.07, 6.45) is 0.467. The largest absolute Gasteiger partial charge is 0.377 e. The lowest BCUT2D eigenvalue weighted by Gasteiger charge is -2.08. The van der Waals surface area contributed by atoms with Gasteiger partial charge in [-0.15, -0.1) is 0 Å². The fourth-order valence-corrected chi connectivity index (χ4v) is 3.12. The van der Waals surface area contributed by atoms with Crippen molar-refractivity contribution in [3.63, 3.8) is 0 Å². The Labute approximate surface area is 154 Å². The first-order valence-electron chi connectivity index (χ1n) is 8.27. The highest BCUT2D eigenvalue weighted by Crippen LogP contribution is 2.14. The Morgan fingerprint density at radius 2 is 1.65 bits per heavy atom. The maximum absolute atomic E-state index is 12.0. The Balaban J connectivity index is 1.67. The summed E-state index contributed by atoms with van der Waals surface area (Å²) in [5.41, 5.74) is 2.69. The highest BCUT2D eigenvalue weighted by atomic mass is 32.2. The average Bonchev–Trinajstić information content (AvgIpc) is 2.59. The molecule has 0 spiro atoms. The highest BCUT2D eigenvalue weighted by molar-refractivity contribution is 7.86. The molecule has 0 saturated carbocycles. The van der Waals surface area contributed by atoms with Gasteiger partial charge >= 0.3 is 0 Å². The van der Waals surface area contributed by atoms with Gasteiger partial charge in [-0.3, -0.25) is 8.98 Å². The molecule has 0 aliphatic carbocycles. The third kappa shape index (κ3) is 6.59. The number of nitrogens with one attached hydrogen (secondary N) is 1. The predicted octanol–water partition coefficient (Wildman–Crippen LogP) is 3.27. The van der Waals surface area contributed by atoms with Gasteiger partial charge in [0.15, 0.2) is 0 Å². The average molecular weight is 377 g/mol. The van der Waals surface area contributed by atoms with Crippen molar-refractivity contribution < 1.29 is 22.1 Å². The van der Waals surface area contributed by atoms with Crippen LogP contribution in [0, 0.1) is 6.92 Å². The topological polar surface area (TPSA) is 81.7 Å². The van der Waals surface area contributed by atoms with Gasteiger partial charge in [-0.25, -0.2) is 0 Å². The van der Waals surface area contributed by atoms with E-state index in [4.69, 9.17) is 8.92 Å². The van der Waals surface area contributed by atoms with Gasteiger partial charge < -0.3 is 10.1 Å². The number of rotatable bonds is 9. The summed E-state index contributed by atoms with van der Waals surface area (Å²) in [4.78, 5) is 11.1. The van der Waals surface area contributed by atoms with E-state index in [9.17, 15) is 13.2 Å². The molecule has 1 amide bonds. The highest BCUT2D eigenvalue weighted by Gasteiger charge is 2.14. The number of aryl methyl sites for hydroxylation is 1. The van der Waals surface area contributed by atoms with Crippen LogP contribution >= 0.6 is 0 Å². The molecule has 0 saturated heterocycles. The summed E-state index contributed by atoms with van der Waals surface area (Å²) >= 11 is 0. The maximum atomic E-state index is 12.0. The summed E-state index contributed by atoms with van der Waals surface area (Å²) in [6, 6.07) is 13.9. The number of amides is 1. The van der Waals surface area contributed by atoms with Gasteiger partial charge in [-0.05, 0) is 43.2 Å². The molecule has 0 heterocycles. The molecule has 2 aromatic carbocycles. The van der Waals surface area contributed by atoms with Crippen LogP contribution in [0.1, 0.15) is 24.5 Å². The lowest BCUT2D eigenvalue weighted by atomic mass is 10.2. The number of carbonyl (C=O) groups is 1. The van der Waals surface area contributed by atoms with Gasteiger partial charge in [-0.2, -0.15) is 8.42 Å². The van der Waals surface area contributed by atoms with E-state index in [0.29, 0.717) is 19.6 Å². The van der Waals surface area contributed by atoms with Crippen molar-refractivity contribution in [1.82, 2.24) is 0 Å². The summed E-state index contributed by atoms with van der Waals surface area (Å²) in [7, 11) is -3.72. The minimum atomic E-state index is -3.72. The van der Waals surface area contributed by atoms with Gasteiger partial charge in [0.05, 0.1) is 18.1 Å². The van der Waals surface area contributed by atoms with Crippen molar-refractivity contribution in [3.05, 3.63) is 59.7 Å². The Morgan fingerprint density at radius 1 is 1.00 bits per heavy atom.